The van der Waals surface area contributed by atoms with Gasteiger partial charge in [0.25, 0.3) is 0 Å². The smallest absolute Gasteiger partial charge is 0.124 e. The van der Waals surface area contributed by atoms with E-state index >= 15 is 0 Å². The normalized spacial score (nSPS) is 10.1. The average Bonchev–Trinajstić information content (AvgIpc) is 2.28. The second-order valence-electron chi connectivity index (χ2n) is 3.38. The summed E-state index contributed by atoms with van der Waals surface area (Å²) in [5, 5.41) is 9.15. The maximum Gasteiger partial charge on any atom is 0.124 e. The lowest BCUT2D eigenvalue weighted by Crippen LogP contribution is -1.98. The molecule has 0 saturated carbocycles. The fraction of sp³-hybridized carbons (Fsp3) is 0.500. The van der Waals surface area contributed by atoms with E-state index in [0.717, 1.165) is 35.5 Å². The van der Waals surface area contributed by atoms with Crippen molar-refractivity contribution in [1.82, 2.24) is 0 Å². The van der Waals surface area contributed by atoms with Crippen molar-refractivity contribution in [3.8, 4) is 11.5 Å². The van der Waals surface area contributed by atoms with Gasteiger partial charge in [-0.05, 0) is 24.1 Å². The Balaban J connectivity index is 3.15. The second-order valence-corrected chi connectivity index (χ2v) is 3.38. The third kappa shape index (κ3) is 2.63. The Labute approximate surface area is 90.6 Å². The zero-order valence-corrected chi connectivity index (χ0v) is 9.54. The summed E-state index contributed by atoms with van der Waals surface area (Å²) in [4.78, 5) is 0. The minimum absolute atomic E-state index is 0.0358. The molecule has 0 radical (unpaired) electrons. The Hall–Kier alpha value is -1.22. The summed E-state index contributed by atoms with van der Waals surface area (Å²) in [5.41, 5.74) is 1.88. The van der Waals surface area contributed by atoms with Crippen molar-refractivity contribution in [2.45, 2.75) is 26.4 Å². The van der Waals surface area contributed by atoms with Gasteiger partial charge < -0.3 is 14.6 Å². The lowest BCUT2D eigenvalue weighted by Gasteiger charge is -2.13. The standard InChI is InChI=1S/C12H18O3/c1-4-5-9-6-12(15-3)10(8-13)7-11(9)14-2/h6-7,13H,4-5,8H2,1-3H3. The molecule has 1 aromatic rings. The Morgan fingerprint density at radius 2 is 1.60 bits per heavy atom. The number of aliphatic hydroxyl groups excluding tert-OH is 1. The van der Waals surface area contributed by atoms with Gasteiger partial charge in [-0.2, -0.15) is 0 Å². The molecule has 0 unspecified atom stereocenters. The van der Waals surface area contributed by atoms with Crippen molar-refractivity contribution < 1.29 is 14.6 Å². The molecule has 3 nitrogen and oxygen atoms in total. The molecule has 0 aliphatic rings. The molecule has 15 heavy (non-hydrogen) atoms. The predicted molar refractivity (Wildman–Crippen MR) is 59.5 cm³/mol. The van der Waals surface area contributed by atoms with Crippen LogP contribution in [0.15, 0.2) is 12.1 Å². The molecule has 0 atom stereocenters. The summed E-state index contributed by atoms with van der Waals surface area (Å²) in [6.45, 7) is 2.08. The molecule has 0 amide bonds. The molecule has 0 heterocycles. The van der Waals surface area contributed by atoms with E-state index in [2.05, 4.69) is 6.92 Å². The summed E-state index contributed by atoms with van der Waals surface area (Å²) in [5.74, 6) is 1.54. The molecule has 0 aliphatic carbocycles. The lowest BCUT2D eigenvalue weighted by atomic mass is 10.1. The van der Waals surface area contributed by atoms with E-state index in [1.54, 1.807) is 14.2 Å². The number of aliphatic hydroxyl groups is 1. The summed E-state index contributed by atoms with van der Waals surface area (Å²) >= 11 is 0. The van der Waals surface area contributed by atoms with Crippen LogP contribution >= 0.6 is 0 Å². The number of aryl methyl sites for hydroxylation is 1. The molecular weight excluding hydrogens is 192 g/mol. The quantitative estimate of drug-likeness (QED) is 0.809. The number of methoxy groups -OCH3 is 2. The monoisotopic (exact) mass is 210 g/mol. The van der Waals surface area contributed by atoms with Gasteiger partial charge in [-0.3, -0.25) is 0 Å². The maximum atomic E-state index is 9.15. The van der Waals surface area contributed by atoms with Crippen molar-refractivity contribution in [3.05, 3.63) is 23.3 Å². The number of ether oxygens (including phenoxy) is 2. The molecule has 0 aromatic heterocycles. The molecule has 84 valence electrons. The molecule has 0 aliphatic heterocycles. The summed E-state index contributed by atoms with van der Waals surface area (Å²) < 4.78 is 10.5. The van der Waals surface area contributed by atoms with E-state index in [9.17, 15) is 0 Å². The predicted octanol–water partition coefficient (Wildman–Crippen LogP) is 2.15. The van der Waals surface area contributed by atoms with E-state index in [1.165, 1.54) is 0 Å². The van der Waals surface area contributed by atoms with Gasteiger partial charge in [-0.1, -0.05) is 13.3 Å². The van der Waals surface area contributed by atoms with Gasteiger partial charge in [-0.25, -0.2) is 0 Å². The van der Waals surface area contributed by atoms with E-state index in [-0.39, 0.29) is 6.61 Å². The van der Waals surface area contributed by atoms with E-state index in [1.807, 2.05) is 12.1 Å². The van der Waals surface area contributed by atoms with Crippen LogP contribution in [0.4, 0.5) is 0 Å². The van der Waals surface area contributed by atoms with Crippen LogP contribution in [0.3, 0.4) is 0 Å². The van der Waals surface area contributed by atoms with Crippen LogP contribution in [0.1, 0.15) is 24.5 Å². The van der Waals surface area contributed by atoms with E-state index in [4.69, 9.17) is 14.6 Å². The Morgan fingerprint density at radius 1 is 1.07 bits per heavy atom. The molecular formula is C12H18O3. The van der Waals surface area contributed by atoms with E-state index in [0.29, 0.717) is 0 Å². The number of hydrogen-bond donors (Lipinski definition) is 1. The third-order valence-corrected chi connectivity index (χ3v) is 2.37. The number of rotatable bonds is 5. The zero-order chi connectivity index (χ0) is 11.3. The topological polar surface area (TPSA) is 38.7 Å². The van der Waals surface area contributed by atoms with Crippen LogP contribution in [-0.4, -0.2) is 19.3 Å². The Morgan fingerprint density at radius 3 is 2.07 bits per heavy atom. The first-order valence-corrected chi connectivity index (χ1v) is 5.11. The summed E-state index contributed by atoms with van der Waals surface area (Å²) in [6.07, 6.45) is 2.00. The minimum atomic E-state index is -0.0358. The Kier molecular flexibility index (Phi) is 4.43. The fourth-order valence-corrected chi connectivity index (χ4v) is 1.61. The first-order chi connectivity index (χ1) is 7.26. The summed E-state index contributed by atoms with van der Waals surface area (Å²) in [6, 6.07) is 3.78. The highest BCUT2D eigenvalue weighted by atomic mass is 16.5. The number of benzene rings is 1. The highest BCUT2D eigenvalue weighted by molar-refractivity contribution is 5.46. The van der Waals surface area contributed by atoms with Crippen molar-refractivity contribution >= 4 is 0 Å². The SMILES string of the molecule is CCCc1cc(OC)c(CO)cc1OC. The molecule has 3 heteroatoms. The highest BCUT2D eigenvalue weighted by Crippen LogP contribution is 2.29. The molecule has 0 spiro atoms. The molecule has 0 fully saturated rings. The Bertz CT molecular complexity index is 321. The van der Waals surface area contributed by atoms with Crippen LogP contribution in [0, 0.1) is 0 Å². The lowest BCUT2D eigenvalue weighted by molar-refractivity contribution is 0.272. The molecule has 1 N–H and O–H groups in total. The van der Waals surface area contributed by atoms with Crippen molar-refractivity contribution in [1.29, 1.82) is 0 Å². The van der Waals surface area contributed by atoms with Crippen LogP contribution in [0.5, 0.6) is 11.5 Å². The first kappa shape index (κ1) is 11.9. The first-order valence-electron chi connectivity index (χ1n) is 5.11. The molecule has 1 rings (SSSR count). The van der Waals surface area contributed by atoms with Gasteiger partial charge in [0.15, 0.2) is 0 Å². The van der Waals surface area contributed by atoms with Crippen molar-refractivity contribution in [2.75, 3.05) is 14.2 Å². The van der Waals surface area contributed by atoms with Gasteiger partial charge >= 0.3 is 0 Å². The largest absolute Gasteiger partial charge is 0.496 e. The average molecular weight is 210 g/mol. The van der Waals surface area contributed by atoms with Crippen molar-refractivity contribution in [2.24, 2.45) is 0 Å². The van der Waals surface area contributed by atoms with E-state index < -0.39 is 0 Å². The van der Waals surface area contributed by atoms with Crippen LogP contribution in [0.2, 0.25) is 0 Å². The van der Waals surface area contributed by atoms with Gasteiger partial charge in [0.2, 0.25) is 0 Å². The number of hydrogen-bond acceptors (Lipinski definition) is 3. The van der Waals surface area contributed by atoms with Crippen molar-refractivity contribution in [3.63, 3.8) is 0 Å². The van der Waals surface area contributed by atoms with Crippen LogP contribution in [-0.2, 0) is 13.0 Å². The van der Waals surface area contributed by atoms with Crippen LogP contribution in [0.25, 0.3) is 0 Å². The van der Waals surface area contributed by atoms with Crippen LogP contribution < -0.4 is 9.47 Å². The third-order valence-electron chi connectivity index (χ3n) is 2.37. The van der Waals surface area contributed by atoms with Gasteiger partial charge in [-0.15, -0.1) is 0 Å². The zero-order valence-electron chi connectivity index (χ0n) is 9.54. The minimum Gasteiger partial charge on any atom is -0.496 e. The molecule has 0 saturated heterocycles. The van der Waals surface area contributed by atoms with Gasteiger partial charge in [0.05, 0.1) is 20.8 Å². The molecule has 1 aromatic carbocycles. The fourth-order valence-electron chi connectivity index (χ4n) is 1.61. The highest BCUT2D eigenvalue weighted by Gasteiger charge is 2.09. The molecule has 0 bridgehead atoms. The maximum absolute atomic E-state index is 9.15. The van der Waals surface area contributed by atoms with Gasteiger partial charge in [0.1, 0.15) is 11.5 Å². The summed E-state index contributed by atoms with van der Waals surface area (Å²) in [7, 11) is 3.25. The second kappa shape index (κ2) is 5.61. The van der Waals surface area contributed by atoms with Gasteiger partial charge in [0, 0.05) is 5.56 Å².